The second-order valence-corrected chi connectivity index (χ2v) is 7.24. The van der Waals surface area contributed by atoms with Gasteiger partial charge < -0.3 is 5.73 Å². The number of fused-ring (bicyclic) bond motifs is 1. The van der Waals surface area contributed by atoms with Crippen molar-refractivity contribution in [3.8, 4) is 0 Å². The lowest BCUT2D eigenvalue weighted by Crippen LogP contribution is -2.41. The molecule has 7 heteroatoms. The second kappa shape index (κ2) is 8.39. The van der Waals surface area contributed by atoms with Gasteiger partial charge in [0, 0.05) is 12.1 Å². The molecular weight excluding hydrogens is 397 g/mol. The molecule has 0 saturated heterocycles. The number of hydrogen-bond donors (Lipinski definition) is 1. The second-order valence-electron chi connectivity index (χ2n) is 7.24. The minimum Gasteiger partial charge on any atom is -0.366 e. The van der Waals surface area contributed by atoms with Gasteiger partial charge in [-0.3, -0.25) is 18.7 Å². The van der Waals surface area contributed by atoms with E-state index in [9.17, 15) is 18.8 Å². The number of benzene rings is 3. The van der Waals surface area contributed by atoms with E-state index < -0.39 is 23.0 Å². The fourth-order valence-electron chi connectivity index (χ4n) is 3.69. The van der Waals surface area contributed by atoms with E-state index in [1.165, 1.54) is 16.7 Å². The molecule has 0 fully saturated rings. The topological polar surface area (TPSA) is 87.1 Å². The van der Waals surface area contributed by atoms with Gasteiger partial charge in [-0.05, 0) is 41.8 Å². The number of halogens is 1. The first-order valence-corrected chi connectivity index (χ1v) is 9.80. The van der Waals surface area contributed by atoms with Gasteiger partial charge in [0.15, 0.2) is 0 Å². The summed E-state index contributed by atoms with van der Waals surface area (Å²) in [5.74, 6) is -1.19. The van der Waals surface area contributed by atoms with Crippen LogP contribution in [0.3, 0.4) is 0 Å². The van der Waals surface area contributed by atoms with Crippen molar-refractivity contribution in [1.29, 1.82) is 0 Å². The molecule has 0 saturated carbocycles. The van der Waals surface area contributed by atoms with Gasteiger partial charge in [0.1, 0.15) is 5.82 Å². The van der Waals surface area contributed by atoms with Crippen LogP contribution in [0.2, 0.25) is 0 Å². The molecule has 1 heterocycles. The molecule has 0 spiro atoms. The maximum Gasteiger partial charge on any atom is 0.331 e. The van der Waals surface area contributed by atoms with E-state index in [4.69, 9.17) is 5.73 Å². The minimum atomic E-state index is -0.628. The first-order chi connectivity index (χ1) is 15.0. The molecule has 31 heavy (non-hydrogen) atoms. The number of rotatable bonds is 6. The first-order valence-electron chi connectivity index (χ1n) is 9.80. The third-order valence-electron chi connectivity index (χ3n) is 5.27. The SMILES string of the molecule is NC(=O)c1ccccc1Cn1c(=O)n(CCc2ccccc2)c(=O)c2ccc(F)cc21. The summed E-state index contributed by atoms with van der Waals surface area (Å²) in [5.41, 5.74) is 6.35. The molecule has 4 aromatic rings. The standard InChI is InChI=1S/C24H20FN3O3/c25-18-10-11-20-21(14-18)28(15-17-8-4-5-9-19(17)22(26)29)24(31)27(23(20)30)13-12-16-6-2-1-3-7-16/h1-11,14H,12-13,15H2,(H2,26,29). The lowest BCUT2D eigenvalue weighted by Gasteiger charge is -2.15. The molecule has 0 unspecified atom stereocenters. The number of primary amides is 1. The van der Waals surface area contributed by atoms with Crippen LogP contribution in [0, 0.1) is 5.82 Å². The third kappa shape index (κ3) is 4.02. The van der Waals surface area contributed by atoms with Gasteiger partial charge in [-0.2, -0.15) is 0 Å². The normalized spacial score (nSPS) is 11.0. The van der Waals surface area contributed by atoms with Crippen LogP contribution in [-0.4, -0.2) is 15.0 Å². The number of nitrogens with zero attached hydrogens (tertiary/aromatic N) is 2. The summed E-state index contributed by atoms with van der Waals surface area (Å²) in [7, 11) is 0. The summed E-state index contributed by atoms with van der Waals surface area (Å²) >= 11 is 0. The zero-order chi connectivity index (χ0) is 22.0. The Morgan fingerprint density at radius 1 is 0.903 bits per heavy atom. The summed E-state index contributed by atoms with van der Waals surface area (Å²) in [6, 6.07) is 19.9. The Balaban J connectivity index is 1.87. The van der Waals surface area contributed by atoms with Gasteiger partial charge in [0.25, 0.3) is 5.56 Å². The maximum absolute atomic E-state index is 14.0. The van der Waals surface area contributed by atoms with Gasteiger partial charge in [-0.15, -0.1) is 0 Å². The molecule has 156 valence electrons. The molecule has 0 atom stereocenters. The summed E-state index contributed by atoms with van der Waals surface area (Å²) in [6.07, 6.45) is 0.487. The molecule has 0 aliphatic heterocycles. The van der Waals surface area contributed by atoms with Gasteiger partial charge in [0.05, 0.1) is 17.4 Å². The van der Waals surface area contributed by atoms with Crippen LogP contribution in [0.25, 0.3) is 10.9 Å². The highest BCUT2D eigenvalue weighted by molar-refractivity contribution is 5.94. The third-order valence-corrected chi connectivity index (χ3v) is 5.27. The largest absolute Gasteiger partial charge is 0.366 e. The number of amides is 1. The van der Waals surface area contributed by atoms with Crippen molar-refractivity contribution < 1.29 is 9.18 Å². The molecule has 1 amide bonds. The van der Waals surface area contributed by atoms with E-state index in [0.29, 0.717) is 12.0 Å². The number of carbonyl (C=O) groups excluding carboxylic acids is 1. The highest BCUT2D eigenvalue weighted by Crippen LogP contribution is 2.15. The van der Waals surface area contributed by atoms with Gasteiger partial charge >= 0.3 is 5.69 Å². The number of aromatic nitrogens is 2. The van der Waals surface area contributed by atoms with Crippen molar-refractivity contribution >= 4 is 16.8 Å². The number of carbonyl (C=O) groups is 1. The van der Waals surface area contributed by atoms with E-state index in [1.54, 1.807) is 24.3 Å². The highest BCUT2D eigenvalue weighted by atomic mass is 19.1. The first kappa shape index (κ1) is 20.3. The van der Waals surface area contributed by atoms with Crippen LogP contribution >= 0.6 is 0 Å². The van der Waals surface area contributed by atoms with Gasteiger partial charge in [-0.1, -0.05) is 48.5 Å². The van der Waals surface area contributed by atoms with E-state index >= 15 is 0 Å². The number of nitrogens with two attached hydrogens (primary N) is 1. The maximum atomic E-state index is 14.0. The smallest absolute Gasteiger partial charge is 0.331 e. The Morgan fingerprint density at radius 2 is 1.61 bits per heavy atom. The minimum absolute atomic E-state index is 0.0243. The van der Waals surface area contributed by atoms with Gasteiger partial charge in [0.2, 0.25) is 5.91 Å². The molecule has 0 aliphatic rings. The average molecular weight is 417 g/mol. The number of aryl methyl sites for hydroxylation is 1. The van der Waals surface area contributed by atoms with Crippen molar-refractivity contribution in [2.75, 3.05) is 0 Å². The van der Waals surface area contributed by atoms with Crippen molar-refractivity contribution in [2.24, 2.45) is 5.73 Å². The fraction of sp³-hybridized carbons (Fsp3) is 0.125. The van der Waals surface area contributed by atoms with Crippen molar-refractivity contribution in [3.63, 3.8) is 0 Å². The predicted molar refractivity (Wildman–Crippen MR) is 117 cm³/mol. The van der Waals surface area contributed by atoms with Gasteiger partial charge in [-0.25, -0.2) is 9.18 Å². The molecular formula is C24H20FN3O3. The van der Waals surface area contributed by atoms with Crippen molar-refractivity contribution in [1.82, 2.24) is 9.13 Å². The predicted octanol–water partition coefficient (Wildman–Crippen LogP) is 2.69. The number of hydrogen-bond acceptors (Lipinski definition) is 3. The summed E-state index contributed by atoms with van der Waals surface area (Å²) in [5, 5.41) is 0.227. The summed E-state index contributed by atoms with van der Waals surface area (Å²) in [4.78, 5) is 38.1. The highest BCUT2D eigenvalue weighted by Gasteiger charge is 2.16. The van der Waals surface area contributed by atoms with E-state index in [0.717, 1.165) is 16.2 Å². The van der Waals surface area contributed by atoms with Crippen LogP contribution < -0.4 is 17.0 Å². The summed E-state index contributed by atoms with van der Waals surface area (Å²) in [6.45, 7) is 0.149. The molecule has 2 N–H and O–H groups in total. The monoisotopic (exact) mass is 417 g/mol. The van der Waals surface area contributed by atoms with Crippen molar-refractivity contribution in [3.05, 3.63) is 116 Å². The Labute approximate surface area is 177 Å². The quantitative estimate of drug-likeness (QED) is 0.523. The molecule has 0 aliphatic carbocycles. The zero-order valence-electron chi connectivity index (χ0n) is 16.6. The molecule has 0 radical (unpaired) electrons. The molecule has 1 aromatic heterocycles. The Hall–Kier alpha value is -4.00. The Morgan fingerprint density at radius 3 is 2.35 bits per heavy atom. The lowest BCUT2D eigenvalue weighted by molar-refractivity contribution is 0.0999. The molecule has 6 nitrogen and oxygen atoms in total. The van der Waals surface area contributed by atoms with Crippen LogP contribution in [0.15, 0.2) is 82.4 Å². The van der Waals surface area contributed by atoms with Crippen LogP contribution in [0.1, 0.15) is 21.5 Å². The molecule has 0 bridgehead atoms. The Kier molecular flexibility index (Phi) is 5.49. The Bertz CT molecular complexity index is 1390. The lowest BCUT2D eigenvalue weighted by atomic mass is 10.1. The van der Waals surface area contributed by atoms with E-state index in [1.807, 2.05) is 30.3 Å². The molecule has 4 rings (SSSR count). The van der Waals surface area contributed by atoms with Crippen LogP contribution in [0.4, 0.5) is 4.39 Å². The van der Waals surface area contributed by atoms with Crippen LogP contribution in [-0.2, 0) is 19.5 Å². The van der Waals surface area contributed by atoms with E-state index in [-0.39, 0.29) is 29.6 Å². The fourth-order valence-corrected chi connectivity index (χ4v) is 3.69. The molecule has 3 aromatic carbocycles. The average Bonchev–Trinajstić information content (AvgIpc) is 2.77. The summed E-state index contributed by atoms with van der Waals surface area (Å²) < 4.78 is 16.5. The van der Waals surface area contributed by atoms with E-state index in [2.05, 4.69) is 0 Å². The van der Waals surface area contributed by atoms with Crippen molar-refractivity contribution in [2.45, 2.75) is 19.5 Å². The van der Waals surface area contributed by atoms with Crippen LogP contribution in [0.5, 0.6) is 0 Å². The zero-order valence-corrected chi connectivity index (χ0v) is 16.6.